The van der Waals surface area contributed by atoms with Gasteiger partial charge in [0.15, 0.2) is 6.10 Å². The van der Waals surface area contributed by atoms with Crippen molar-refractivity contribution < 1.29 is 13.9 Å². The quantitative estimate of drug-likeness (QED) is 0.671. The number of aryl methyl sites for hydroxylation is 1. The van der Waals surface area contributed by atoms with Crippen molar-refractivity contribution in [2.75, 3.05) is 0 Å². The number of fused-ring (bicyclic) bond motifs is 1. The van der Waals surface area contributed by atoms with Crippen LogP contribution in [-0.4, -0.2) is 11.3 Å². The zero-order valence-electron chi connectivity index (χ0n) is 7.30. The zero-order valence-corrected chi connectivity index (χ0v) is 8.05. The Morgan fingerprint density at radius 1 is 1.57 bits per heavy atom. The van der Waals surface area contributed by atoms with Gasteiger partial charge in [-0.05, 0) is 48.2 Å². The third-order valence-electron chi connectivity index (χ3n) is 2.22. The summed E-state index contributed by atoms with van der Waals surface area (Å²) in [5.74, 6) is 0.264. The van der Waals surface area contributed by atoms with Crippen molar-refractivity contribution in [1.29, 1.82) is 0 Å². The number of halogens is 2. The second kappa shape index (κ2) is 3.58. The van der Waals surface area contributed by atoms with Crippen LogP contribution in [0, 0.1) is 5.82 Å². The van der Waals surface area contributed by atoms with E-state index in [2.05, 4.69) is 0 Å². The molecule has 1 aliphatic heterocycles. The van der Waals surface area contributed by atoms with Crippen LogP contribution in [0.25, 0.3) is 0 Å². The summed E-state index contributed by atoms with van der Waals surface area (Å²) in [6.07, 6.45) is 0.546. The monoisotopic (exact) mass is 214 g/mol. The molecule has 0 amide bonds. The molecule has 1 heterocycles. The summed E-state index contributed by atoms with van der Waals surface area (Å²) < 4.78 is 18.1. The fourth-order valence-corrected chi connectivity index (χ4v) is 1.67. The molecule has 14 heavy (non-hydrogen) atoms. The first-order valence-electron chi connectivity index (χ1n) is 4.31. The topological polar surface area (TPSA) is 26.3 Å². The molecule has 2 rings (SSSR count). The van der Waals surface area contributed by atoms with E-state index in [1.165, 1.54) is 18.2 Å². The van der Waals surface area contributed by atoms with Crippen LogP contribution in [0.1, 0.15) is 12.0 Å². The third-order valence-corrected chi connectivity index (χ3v) is 2.46. The first-order chi connectivity index (χ1) is 6.66. The highest BCUT2D eigenvalue weighted by molar-refractivity contribution is 6.64. The van der Waals surface area contributed by atoms with Gasteiger partial charge in [-0.1, -0.05) is 0 Å². The predicted molar refractivity (Wildman–Crippen MR) is 50.0 cm³/mol. The first kappa shape index (κ1) is 9.46. The van der Waals surface area contributed by atoms with Gasteiger partial charge in [0.05, 0.1) is 0 Å². The number of rotatable bonds is 1. The molecule has 4 heteroatoms. The van der Waals surface area contributed by atoms with Gasteiger partial charge in [-0.3, -0.25) is 4.79 Å². The highest BCUT2D eigenvalue weighted by Gasteiger charge is 2.24. The van der Waals surface area contributed by atoms with E-state index >= 15 is 0 Å². The molecule has 0 aromatic heterocycles. The molecular weight excluding hydrogens is 207 g/mol. The van der Waals surface area contributed by atoms with Gasteiger partial charge in [-0.15, -0.1) is 0 Å². The summed E-state index contributed by atoms with van der Waals surface area (Å²) in [4.78, 5) is 10.8. The summed E-state index contributed by atoms with van der Waals surface area (Å²) in [6.45, 7) is 0. The van der Waals surface area contributed by atoms with Crippen molar-refractivity contribution in [2.45, 2.75) is 18.9 Å². The van der Waals surface area contributed by atoms with E-state index in [1.807, 2.05) is 0 Å². The molecule has 0 unspecified atom stereocenters. The zero-order chi connectivity index (χ0) is 10.1. The lowest BCUT2D eigenvalue weighted by atomic mass is 10.0. The van der Waals surface area contributed by atoms with Crippen LogP contribution >= 0.6 is 11.6 Å². The average Bonchev–Trinajstić information content (AvgIpc) is 2.16. The normalized spacial score (nSPS) is 19.7. The smallest absolute Gasteiger partial charge is 0.262 e. The Hall–Kier alpha value is -1.09. The molecule has 0 spiro atoms. The van der Waals surface area contributed by atoms with Crippen LogP contribution in [0.4, 0.5) is 4.39 Å². The lowest BCUT2D eigenvalue weighted by Crippen LogP contribution is -2.28. The lowest BCUT2D eigenvalue weighted by Gasteiger charge is -2.23. The van der Waals surface area contributed by atoms with E-state index in [0.29, 0.717) is 18.6 Å². The van der Waals surface area contributed by atoms with E-state index in [4.69, 9.17) is 16.3 Å². The maximum Gasteiger partial charge on any atom is 0.262 e. The van der Waals surface area contributed by atoms with Gasteiger partial charge in [0.1, 0.15) is 11.6 Å². The lowest BCUT2D eigenvalue weighted by molar-refractivity contribution is -0.118. The Kier molecular flexibility index (Phi) is 2.42. The summed E-state index contributed by atoms with van der Waals surface area (Å²) in [6, 6.07) is 4.25. The SMILES string of the molecule is O=C(Cl)[C@@H]1CCc2cc(F)ccc2O1. The molecule has 0 saturated carbocycles. The van der Waals surface area contributed by atoms with Crippen molar-refractivity contribution in [3.05, 3.63) is 29.6 Å². The molecule has 1 aromatic carbocycles. The van der Waals surface area contributed by atoms with Crippen LogP contribution in [0.3, 0.4) is 0 Å². The van der Waals surface area contributed by atoms with E-state index in [-0.39, 0.29) is 5.82 Å². The van der Waals surface area contributed by atoms with Crippen molar-refractivity contribution >= 4 is 16.8 Å². The van der Waals surface area contributed by atoms with Gasteiger partial charge >= 0.3 is 0 Å². The minimum atomic E-state index is -0.588. The summed E-state index contributed by atoms with van der Waals surface area (Å²) >= 11 is 5.32. The predicted octanol–water partition coefficient (Wildman–Crippen LogP) is 2.28. The molecule has 0 N–H and O–H groups in total. The Morgan fingerprint density at radius 2 is 2.36 bits per heavy atom. The van der Waals surface area contributed by atoms with Crippen LogP contribution in [0.5, 0.6) is 5.75 Å². The second-order valence-corrected chi connectivity index (χ2v) is 3.57. The molecule has 1 aromatic rings. The summed E-state index contributed by atoms with van der Waals surface area (Å²) in [5, 5.41) is -0.500. The van der Waals surface area contributed by atoms with Gasteiger partial charge in [-0.2, -0.15) is 0 Å². The molecule has 0 aliphatic carbocycles. The average molecular weight is 215 g/mol. The minimum absolute atomic E-state index is 0.289. The fraction of sp³-hybridized carbons (Fsp3) is 0.300. The first-order valence-corrected chi connectivity index (χ1v) is 4.69. The van der Waals surface area contributed by atoms with Crippen molar-refractivity contribution in [3.63, 3.8) is 0 Å². The highest BCUT2D eigenvalue weighted by atomic mass is 35.5. The van der Waals surface area contributed by atoms with Gasteiger partial charge in [0.2, 0.25) is 0 Å². The molecule has 0 bridgehead atoms. The maximum absolute atomic E-state index is 12.8. The van der Waals surface area contributed by atoms with Crippen molar-refractivity contribution in [2.24, 2.45) is 0 Å². The summed E-state index contributed by atoms with van der Waals surface area (Å²) in [7, 11) is 0. The number of benzene rings is 1. The maximum atomic E-state index is 12.8. The summed E-state index contributed by atoms with van der Waals surface area (Å²) in [5.41, 5.74) is 0.791. The van der Waals surface area contributed by atoms with Gasteiger partial charge in [0, 0.05) is 0 Å². The molecule has 0 fully saturated rings. The van der Waals surface area contributed by atoms with Crippen LogP contribution in [0.15, 0.2) is 18.2 Å². The highest BCUT2D eigenvalue weighted by Crippen LogP contribution is 2.28. The number of carbonyl (C=O) groups is 1. The van der Waals surface area contributed by atoms with Gasteiger partial charge in [0.25, 0.3) is 5.24 Å². The largest absolute Gasteiger partial charge is 0.481 e. The molecule has 2 nitrogen and oxygen atoms in total. The molecule has 1 aliphatic rings. The minimum Gasteiger partial charge on any atom is -0.481 e. The molecule has 0 radical (unpaired) electrons. The molecule has 74 valence electrons. The standard InChI is InChI=1S/C10H8ClFO2/c11-10(13)9-3-1-6-5-7(12)2-4-8(6)14-9/h2,4-5,9H,1,3H2/t9-/m0/s1. The van der Waals surface area contributed by atoms with E-state index in [9.17, 15) is 9.18 Å². The van der Waals surface area contributed by atoms with Gasteiger partial charge < -0.3 is 4.74 Å². The number of hydrogen-bond acceptors (Lipinski definition) is 2. The van der Waals surface area contributed by atoms with Crippen LogP contribution in [-0.2, 0) is 11.2 Å². The van der Waals surface area contributed by atoms with Gasteiger partial charge in [-0.25, -0.2) is 4.39 Å². The number of carbonyl (C=O) groups excluding carboxylic acids is 1. The molecule has 0 saturated heterocycles. The van der Waals surface area contributed by atoms with Crippen molar-refractivity contribution in [3.8, 4) is 5.75 Å². The Morgan fingerprint density at radius 3 is 3.07 bits per heavy atom. The molecular formula is C10H8ClFO2. The fourth-order valence-electron chi connectivity index (χ4n) is 1.52. The third kappa shape index (κ3) is 1.73. The number of hydrogen-bond donors (Lipinski definition) is 0. The Labute approximate surface area is 85.6 Å². The Balaban J connectivity index is 2.27. The Bertz CT molecular complexity index is 378. The van der Waals surface area contributed by atoms with Crippen LogP contribution in [0.2, 0.25) is 0 Å². The number of ether oxygens (including phenoxy) is 1. The van der Waals surface area contributed by atoms with Crippen molar-refractivity contribution in [1.82, 2.24) is 0 Å². The molecule has 1 atom stereocenters. The van der Waals surface area contributed by atoms with E-state index in [1.54, 1.807) is 0 Å². The van der Waals surface area contributed by atoms with E-state index < -0.39 is 11.3 Å². The van der Waals surface area contributed by atoms with E-state index in [0.717, 1.165) is 5.56 Å². The second-order valence-electron chi connectivity index (χ2n) is 3.20. The van der Waals surface area contributed by atoms with Crippen LogP contribution < -0.4 is 4.74 Å².